The summed E-state index contributed by atoms with van der Waals surface area (Å²) in [7, 11) is 0. The van der Waals surface area contributed by atoms with Gasteiger partial charge in [0, 0.05) is 12.6 Å². The maximum atomic E-state index is 12.7. The van der Waals surface area contributed by atoms with Crippen LogP contribution in [-0.4, -0.2) is 45.1 Å². The number of rotatable bonds is 10. The van der Waals surface area contributed by atoms with Crippen molar-refractivity contribution in [1.82, 2.24) is 20.6 Å². The number of hydrogen-bond donors (Lipinski definition) is 4. The number of carbonyl (C=O) groups is 3. The van der Waals surface area contributed by atoms with Crippen molar-refractivity contribution < 1.29 is 24.2 Å². The molecule has 1 aromatic carbocycles. The number of carboxylic acids is 1. The van der Waals surface area contributed by atoms with Gasteiger partial charge >= 0.3 is 12.1 Å². The third-order valence-electron chi connectivity index (χ3n) is 4.11. The van der Waals surface area contributed by atoms with Crippen LogP contribution in [0.25, 0.3) is 0 Å². The monoisotopic (exact) mass is 402 g/mol. The summed E-state index contributed by atoms with van der Waals surface area (Å²) in [5, 5.41) is 14.4. The lowest BCUT2D eigenvalue weighted by Gasteiger charge is -2.22. The van der Waals surface area contributed by atoms with E-state index in [1.54, 1.807) is 6.20 Å². The number of hydrogen-bond acceptors (Lipinski definition) is 5. The van der Waals surface area contributed by atoms with Crippen LogP contribution in [0, 0.1) is 5.92 Å². The first-order chi connectivity index (χ1) is 13.8. The van der Waals surface area contributed by atoms with Crippen LogP contribution in [-0.2, 0) is 27.4 Å². The zero-order chi connectivity index (χ0) is 21.2. The minimum Gasteiger partial charge on any atom is -0.480 e. The minimum absolute atomic E-state index is 0.0252. The molecule has 9 nitrogen and oxygen atoms in total. The lowest BCUT2D eigenvalue weighted by Crippen LogP contribution is -2.52. The number of carbonyl (C=O) groups excluding carboxylic acids is 2. The number of alkyl carbamates (subject to hydrolysis) is 1. The highest BCUT2D eigenvalue weighted by Crippen LogP contribution is 2.08. The van der Waals surface area contributed by atoms with Crippen LogP contribution in [0.1, 0.15) is 31.5 Å². The summed E-state index contributed by atoms with van der Waals surface area (Å²) in [6.07, 6.45) is 2.61. The summed E-state index contributed by atoms with van der Waals surface area (Å²) in [5.74, 6) is -1.68. The summed E-state index contributed by atoms with van der Waals surface area (Å²) in [5.41, 5.74) is 1.32. The van der Waals surface area contributed by atoms with Crippen LogP contribution in [0.4, 0.5) is 4.79 Å². The predicted molar refractivity (Wildman–Crippen MR) is 105 cm³/mol. The van der Waals surface area contributed by atoms with Gasteiger partial charge in [-0.2, -0.15) is 0 Å². The number of ether oxygens (including phenoxy) is 1. The van der Waals surface area contributed by atoms with Crippen LogP contribution in [0.15, 0.2) is 42.9 Å². The first kappa shape index (κ1) is 21.9. The van der Waals surface area contributed by atoms with Gasteiger partial charge in [-0.3, -0.25) is 4.79 Å². The molecule has 0 saturated heterocycles. The number of carboxylic acid groups (broad SMARTS) is 1. The van der Waals surface area contributed by atoms with E-state index in [2.05, 4.69) is 20.6 Å². The highest BCUT2D eigenvalue weighted by Gasteiger charge is 2.28. The second-order valence-electron chi connectivity index (χ2n) is 7.05. The quantitative estimate of drug-likeness (QED) is 0.479. The fourth-order valence-corrected chi connectivity index (χ4v) is 2.69. The Bertz CT molecular complexity index is 792. The summed E-state index contributed by atoms with van der Waals surface area (Å²) in [4.78, 5) is 43.0. The van der Waals surface area contributed by atoms with E-state index in [0.29, 0.717) is 12.1 Å². The zero-order valence-corrected chi connectivity index (χ0v) is 16.4. The average molecular weight is 402 g/mol. The van der Waals surface area contributed by atoms with Gasteiger partial charge in [-0.1, -0.05) is 44.2 Å². The van der Waals surface area contributed by atoms with Gasteiger partial charge in [-0.05, 0) is 17.9 Å². The molecule has 0 spiro atoms. The fourth-order valence-electron chi connectivity index (χ4n) is 2.69. The molecule has 29 heavy (non-hydrogen) atoms. The van der Waals surface area contributed by atoms with Gasteiger partial charge in [0.15, 0.2) is 0 Å². The number of nitrogens with zero attached hydrogens (tertiary/aromatic N) is 1. The van der Waals surface area contributed by atoms with Gasteiger partial charge in [0.2, 0.25) is 5.91 Å². The lowest BCUT2D eigenvalue weighted by atomic mass is 10.0. The van der Waals surface area contributed by atoms with Crippen molar-refractivity contribution in [3.8, 4) is 0 Å². The Morgan fingerprint density at radius 2 is 1.86 bits per heavy atom. The Morgan fingerprint density at radius 1 is 1.14 bits per heavy atom. The van der Waals surface area contributed by atoms with Crippen molar-refractivity contribution in [2.75, 3.05) is 0 Å². The van der Waals surface area contributed by atoms with E-state index in [9.17, 15) is 19.5 Å². The summed E-state index contributed by atoms with van der Waals surface area (Å²) < 4.78 is 5.17. The third kappa shape index (κ3) is 7.65. The molecular weight excluding hydrogens is 376 g/mol. The molecule has 2 amide bonds. The molecule has 2 rings (SSSR count). The van der Waals surface area contributed by atoms with Gasteiger partial charge in [-0.15, -0.1) is 0 Å². The Kier molecular flexibility index (Phi) is 8.20. The van der Waals surface area contributed by atoms with Crippen LogP contribution < -0.4 is 10.6 Å². The van der Waals surface area contributed by atoms with Crippen molar-refractivity contribution in [2.24, 2.45) is 5.92 Å². The molecule has 0 aliphatic rings. The van der Waals surface area contributed by atoms with Gasteiger partial charge in [0.05, 0.1) is 12.0 Å². The smallest absolute Gasteiger partial charge is 0.408 e. The first-order valence-corrected chi connectivity index (χ1v) is 9.33. The van der Waals surface area contributed by atoms with Crippen molar-refractivity contribution in [2.45, 2.75) is 45.4 Å². The van der Waals surface area contributed by atoms with Crippen molar-refractivity contribution in [3.05, 3.63) is 54.1 Å². The van der Waals surface area contributed by atoms with Gasteiger partial charge < -0.3 is 25.5 Å². The molecule has 1 heterocycles. The number of aromatic amines is 1. The SMILES string of the molecule is CC(C)C[C@H](NC(=O)OCc1ccccc1)C(=O)N[C@@H](Cc1c[nH]cn1)C(=O)O. The fraction of sp³-hybridized carbons (Fsp3) is 0.400. The van der Waals surface area contributed by atoms with E-state index in [-0.39, 0.29) is 18.9 Å². The van der Waals surface area contributed by atoms with E-state index < -0.39 is 30.1 Å². The number of imidazole rings is 1. The Hall–Kier alpha value is -3.36. The molecule has 1 aromatic heterocycles. The average Bonchev–Trinajstić information content (AvgIpc) is 3.19. The minimum atomic E-state index is -1.18. The number of aromatic nitrogens is 2. The summed E-state index contributed by atoms with van der Waals surface area (Å²) in [6, 6.07) is 7.07. The predicted octanol–water partition coefficient (Wildman–Crippen LogP) is 1.86. The molecule has 0 aliphatic heterocycles. The molecule has 0 aliphatic carbocycles. The standard InChI is InChI=1S/C20H26N4O5/c1-13(2)8-16(24-20(28)29-11-14-6-4-3-5-7-14)18(25)23-17(19(26)27)9-15-10-21-12-22-15/h3-7,10,12-13,16-17H,8-9,11H2,1-2H3,(H,21,22)(H,23,25)(H,24,28)(H,26,27)/t16-,17-/m0/s1. The van der Waals surface area contributed by atoms with Crippen LogP contribution in [0.5, 0.6) is 0 Å². The van der Waals surface area contributed by atoms with Gasteiger partial charge in [0.25, 0.3) is 0 Å². The second kappa shape index (κ2) is 10.8. The van der Waals surface area contributed by atoms with Crippen LogP contribution in [0.2, 0.25) is 0 Å². The Balaban J connectivity index is 1.96. The Labute approximate surface area is 168 Å². The maximum absolute atomic E-state index is 12.7. The number of H-pyrrole nitrogens is 1. The van der Waals surface area contributed by atoms with Crippen LogP contribution >= 0.6 is 0 Å². The topological polar surface area (TPSA) is 133 Å². The molecule has 0 bridgehead atoms. The molecule has 0 radical (unpaired) electrons. The number of nitrogens with one attached hydrogen (secondary N) is 3. The van der Waals surface area contributed by atoms with Gasteiger partial charge in [0.1, 0.15) is 18.7 Å². The van der Waals surface area contributed by atoms with Crippen LogP contribution in [0.3, 0.4) is 0 Å². The molecule has 0 fully saturated rings. The lowest BCUT2D eigenvalue weighted by molar-refractivity contribution is -0.142. The van der Waals surface area contributed by atoms with E-state index in [1.165, 1.54) is 6.33 Å². The van der Waals surface area contributed by atoms with E-state index >= 15 is 0 Å². The number of benzene rings is 1. The molecule has 2 atom stereocenters. The van der Waals surface area contributed by atoms with Crippen molar-refractivity contribution in [1.29, 1.82) is 0 Å². The molecule has 0 unspecified atom stereocenters. The third-order valence-corrected chi connectivity index (χ3v) is 4.11. The summed E-state index contributed by atoms with van der Waals surface area (Å²) in [6.45, 7) is 3.87. The van der Waals surface area contributed by atoms with E-state index in [0.717, 1.165) is 5.56 Å². The molecule has 4 N–H and O–H groups in total. The molecule has 156 valence electrons. The largest absolute Gasteiger partial charge is 0.480 e. The molecule has 2 aromatic rings. The second-order valence-corrected chi connectivity index (χ2v) is 7.05. The highest BCUT2D eigenvalue weighted by atomic mass is 16.5. The first-order valence-electron chi connectivity index (χ1n) is 9.33. The maximum Gasteiger partial charge on any atom is 0.408 e. The normalized spacial score (nSPS) is 12.8. The molecule has 9 heteroatoms. The van der Waals surface area contributed by atoms with Crippen molar-refractivity contribution in [3.63, 3.8) is 0 Å². The summed E-state index contributed by atoms with van der Waals surface area (Å²) >= 11 is 0. The van der Waals surface area contributed by atoms with Crippen molar-refractivity contribution >= 4 is 18.0 Å². The molecule has 0 saturated carbocycles. The molecular formula is C20H26N4O5. The van der Waals surface area contributed by atoms with E-state index in [4.69, 9.17) is 4.74 Å². The highest BCUT2D eigenvalue weighted by molar-refractivity contribution is 5.89. The van der Waals surface area contributed by atoms with E-state index in [1.807, 2.05) is 44.2 Å². The van der Waals surface area contributed by atoms with Gasteiger partial charge in [-0.25, -0.2) is 14.6 Å². The number of amides is 2. The zero-order valence-electron chi connectivity index (χ0n) is 16.4. The Morgan fingerprint density at radius 3 is 2.45 bits per heavy atom. The number of aliphatic carboxylic acids is 1.